The molecule has 0 aliphatic heterocycles. The monoisotopic (exact) mass is 203 g/mol. The van der Waals surface area contributed by atoms with Crippen molar-refractivity contribution in [3.63, 3.8) is 0 Å². The molecule has 0 aromatic carbocycles. The van der Waals surface area contributed by atoms with E-state index in [0.717, 1.165) is 24.7 Å². The normalized spacial score (nSPS) is 34.2. The first kappa shape index (κ1) is 10.8. The Kier molecular flexibility index (Phi) is 4.04. The first-order valence-electron chi connectivity index (χ1n) is 4.98. The van der Waals surface area contributed by atoms with Gasteiger partial charge in [-0.3, -0.25) is 4.79 Å². The number of carbonyl (C=O) groups excluding carboxylic acids is 1. The summed E-state index contributed by atoms with van der Waals surface area (Å²) in [6.45, 7) is 4.54. The molecule has 0 aromatic rings. The van der Waals surface area contributed by atoms with E-state index < -0.39 is 0 Å². The third-order valence-corrected chi connectivity index (χ3v) is 3.33. The van der Waals surface area contributed by atoms with Gasteiger partial charge in [0.25, 0.3) is 0 Å². The topological polar surface area (TPSA) is 29.1 Å². The van der Waals surface area contributed by atoms with Gasteiger partial charge in [0.2, 0.25) is 5.91 Å². The Hall–Kier alpha value is -0.240. The van der Waals surface area contributed by atoms with Crippen LogP contribution in [-0.4, -0.2) is 17.8 Å². The van der Waals surface area contributed by atoms with Gasteiger partial charge in [-0.05, 0) is 31.1 Å². The summed E-state index contributed by atoms with van der Waals surface area (Å²) in [7, 11) is 0. The maximum Gasteiger partial charge on any atom is 0.235 e. The van der Waals surface area contributed by atoms with Crippen LogP contribution in [0.3, 0.4) is 0 Å². The lowest BCUT2D eigenvalue weighted by Gasteiger charge is -2.32. The van der Waals surface area contributed by atoms with Crippen LogP contribution in [0.25, 0.3) is 0 Å². The van der Waals surface area contributed by atoms with Crippen LogP contribution in [0.2, 0.25) is 0 Å². The highest BCUT2D eigenvalue weighted by Gasteiger charge is 2.24. The highest BCUT2D eigenvalue weighted by molar-refractivity contribution is 6.27. The van der Waals surface area contributed by atoms with Crippen LogP contribution < -0.4 is 5.32 Å². The number of nitrogens with one attached hydrogen (secondary N) is 1. The summed E-state index contributed by atoms with van der Waals surface area (Å²) >= 11 is 5.42. The van der Waals surface area contributed by atoms with Crippen LogP contribution >= 0.6 is 11.6 Å². The summed E-state index contributed by atoms with van der Waals surface area (Å²) in [5, 5.41) is 2.95. The Morgan fingerprint density at radius 3 is 2.62 bits per heavy atom. The van der Waals surface area contributed by atoms with Gasteiger partial charge in [-0.15, -0.1) is 11.6 Å². The van der Waals surface area contributed by atoms with Crippen molar-refractivity contribution in [3.05, 3.63) is 0 Å². The average molecular weight is 204 g/mol. The number of halogens is 1. The molecule has 3 unspecified atom stereocenters. The lowest BCUT2D eigenvalue weighted by Crippen LogP contribution is -2.40. The summed E-state index contributed by atoms with van der Waals surface area (Å²) in [6.07, 6.45) is 3.42. The fourth-order valence-electron chi connectivity index (χ4n) is 1.94. The minimum atomic E-state index is -0.0339. The molecule has 1 rings (SSSR count). The van der Waals surface area contributed by atoms with E-state index in [4.69, 9.17) is 11.6 Å². The Labute approximate surface area is 85.0 Å². The fourth-order valence-corrected chi connectivity index (χ4v) is 2.02. The second-order valence-corrected chi connectivity index (χ2v) is 4.43. The van der Waals surface area contributed by atoms with Crippen molar-refractivity contribution >= 4 is 17.5 Å². The summed E-state index contributed by atoms with van der Waals surface area (Å²) < 4.78 is 0. The van der Waals surface area contributed by atoms with Crippen LogP contribution in [-0.2, 0) is 4.79 Å². The maximum atomic E-state index is 11.0. The highest BCUT2D eigenvalue weighted by atomic mass is 35.5. The number of rotatable bonds is 2. The minimum absolute atomic E-state index is 0.0339. The molecule has 1 amide bonds. The van der Waals surface area contributed by atoms with Gasteiger partial charge in [0.15, 0.2) is 0 Å². The van der Waals surface area contributed by atoms with E-state index in [0.29, 0.717) is 6.04 Å². The Morgan fingerprint density at radius 1 is 1.38 bits per heavy atom. The van der Waals surface area contributed by atoms with Crippen molar-refractivity contribution in [1.82, 2.24) is 5.32 Å². The smallest absolute Gasteiger partial charge is 0.235 e. The van der Waals surface area contributed by atoms with Crippen molar-refractivity contribution < 1.29 is 4.79 Å². The van der Waals surface area contributed by atoms with Crippen molar-refractivity contribution in [3.8, 4) is 0 Å². The predicted octanol–water partition coefficient (Wildman–Crippen LogP) is 2.17. The Bertz CT molecular complexity index is 184. The molecule has 0 heterocycles. The molecule has 3 heteroatoms. The SMILES string of the molecule is CC1CCC(NC(=O)CCl)CC1C. The Balaban J connectivity index is 2.33. The van der Waals surface area contributed by atoms with Crippen molar-refractivity contribution in [2.24, 2.45) is 11.8 Å². The summed E-state index contributed by atoms with van der Waals surface area (Å²) in [6, 6.07) is 0.359. The van der Waals surface area contributed by atoms with Gasteiger partial charge in [-0.25, -0.2) is 0 Å². The molecule has 0 saturated heterocycles. The molecule has 0 bridgehead atoms. The molecule has 2 nitrogen and oxygen atoms in total. The van der Waals surface area contributed by atoms with Gasteiger partial charge in [-0.1, -0.05) is 13.8 Å². The van der Waals surface area contributed by atoms with Crippen molar-refractivity contribution in [1.29, 1.82) is 0 Å². The van der Waals surface area contributed by atoms with Gasteiger partial charge < -0.3 is 5.32 Å². The molecule has 13 heavy (non-hydrogen) atoms. The number of amides is 1. The third kappa shape index (κ3) is 3.18. The standard InChI is InChI=1S/C10H18ClNO/c1-7-3-4-9(5-8(7)2)12-10(13)6-11/h7-9H,3-6H2,1-2H3,(H,12,13). The largest absolute Gasteiger partial charge is 0.352 e. The van der Waals surface area contributed by atoms with E-state index in [9.17, 15) is 4.79 Å². The molecular weight excluding hydrogens is 186 g/mol. The Morgan fingerprint density at radius 2 is 2.08 bits per heavy atom. The lowest BCUT2D eigenvalue weighted by molar-refractivity contribution is -0.119. The summed E-state index contributed by atoms with van der Waals surface area (Å²) in [5.41, 5.74) is 0. The van der Waals surface area contributed by atoms with E-state index in [1.54, 1.807) is 0 Å². The van der Waals surface area contributed by atoms with E-state index in [1.807, 2.05) is 0 Å². The molecule has 1 saturated carbocycles. The zero-order chi connectivity index (χ0) is 9.84. The van der Waals surface area contributed by atoms with Crippen LogP contribution in [0.5, 0.6) is 0 Å². The quantitative estimate of drug-likeness (QED) is 0.685. The number of hydrogen-bond donors (Lipinski definition) is 1. The molecule has 1 fully saturated rings. The zero-order valence-corrected chi connectivity index (χ0v) is 9.10. The van der Waals surface area contributed by atoms with Crippen LogP contribution in [0.15, 0.2) is 0 Å². The van der Waals surface area contributed by atoms with Crippen molar-refractivity contribution in [2.45, 2.75) is 39.2 Å². The minimum Gasteiger partial charge on any atom is -0.352 e. The number of alkyl halides is 1. The number of hydrogen-bond acceptors (Lipinski definition) is 1. The molecule has 0 aromatic heterocycles. The van der Waals surface area contributed by atoms with Gasteiger partial charge in [-0.2, -0.15) is 0 Å². The highest BCUT2D eigenvalue weighted by Crippen LogP contribution is 2.29. The molecular formula is C10H18ClNO. The van der Waals surface area contributed by atoms with E-state index in [1.165, 1.54) is 6.42 Å². The summed E-state index contributed by atoms with van der Waals surface area (Å²) in [5.74, 6) is 1.56. The predicted molar refractivity (Wildman–Crippen MR) is 54.8 cm³/mol. The average Bonchev–Trinajstić information content (AvgIpc) is 2.11. The fraction of sp³-hybridized carbons (Fsp3) is 0.900. The second kappa shape index (κ2) is 4.85. The molecule has 1 aliphatic carbocycles. The molecule has 0 spiro atoms. The molecule has 0 radical (unpaired) electrons. The summed E-state index contributed by atoms with van der Waals surface area (Å²) in [4.78, 5) is 11.0. The van der Waals surface area contributed by atoms with E-state index in [-0.39, 0.29) is 11.8 Å². The van der Waals surface area contributed by atoms with Gasteiger partial charge in [0.1, 0.15) is 5.88 Å². The molecule has 3 atom stereocenters. The van der Waals surface area contributed by atoms with E-state index >= 15 is 0 Å². The lowest BCUT2D eigenvalue weighted by atomic mass is 9.79. The third-order valence-electron chi connectivity index (χ3n) is 3.08. The van der Waals surface area contributed by atoms with Gasteiger partial charge in [0, 0.05) is 6.04 Å². The first-order chi connectivity index (χ1) is 6.13. The first-order valence-corrected chi connectivity index (χ1v) is 5.52. The molecule has 76 valence electrons. The zero-order valence-electron chi connectivity index (χ0n) is 8.35. The van der Waals surface area contributed by atoms with Crippen LogP contribution in [0, 0.1) is 11.8 Å². The maximum absolute atomic E-state index is 11.0. The van der Waals surface area contributed by atoms with Crippen LogP contribution in [0.4, 0.5) is 0 Å². The van der Waals surface area contributed by atoms with E-state index in [2.05, 4.69) is 19.2 Å². The second-order valence-electron chi connectivity index (χ2n) is 4.17. The van der Waals surface area contributed by atoms with Crippen molar-refractivity contribution in [2.75, 3.05) is 5.88 Å². The number of carbonyl (C=O) groups is 1. The van der Waals surface area contributed by atoms with Crippen LogP contribution in [0.1, 0.15) is 33.1 Å². The molecule has 1 aliphatic rings. The molecule has 1 N–H and O–H groups in total. The van der Waals surface area contributed by atoms with Gasteiger partial charge >= 0.3 is 0 Å². The van der Waals surface area contributed by atoms with Gasteiger partial charge in [0.05, 0.1) is 0 Å².